The number of nitrogens with zero attached hydrogens (tertiary/aromatic N) is 4. The van der Waals surface area contributed by atoms with Gasteiger partial charge in [-0.25, -0.2) is 14.8 Å². The second kappa shape index (κ2) is 15.6. The number of carboxylic acids is 1. The molecule has 0 saturated carbocycles. The molecular formula is C27H33N5O8S. The maximum Gasteiger partial charge on any atom is 0.409 e. The molecule has 3 rings (SSSR count). The van der Waals surface area contributed by atoms with Crippen LogP contribution in [0.3, 0.4) is 0 Å². The van der Waals surface area contributed by atoms with E-state index in [1.165, 1.54) is 15.9 Å². The number of carbonyl (C=O) groups is 5. The lowest BCUT2D eigenvalue weighted by molar-refractivity contribution is -0.140. The van der Waals surface area contributed by atoms with Crippen molar-refractivity contribution in [3.05, 3.63) is 42.1 Å². The predicted octanol–water partition coefficient (Wildman–Crippen LogP) is 2.06. The summed E-state index contributed by atoms with van der Waals surface area (Å²) in [7, 11) is 0. The molecule has 220 valence electrons. The van der Waals surface area contributed by atoms with E-state index < -0.39 is 35.9 Å². The second-order valence-corrected chi connectivity index (χ2v) is 9.84. The first-order valence-electron chi connectivity index (χ1n) is 13.2. The van der Waals surface area contributed by atoms with E-state index in [-0.39, 0.29) is 69.5 Å². The molecule has 1 saturated heterocycles. The number of esters is 1. The van der Waals surface area contributed by atoms with Crippen molar-refractivity contribution in [1.82, 2.24) is 25.1 Å². The summed E-state index contributed by atoms with van der Waals surface area (Å²) < 4.78 is 9.98. The van der Waals surface area contributed by atoms with Crippen molar-refractivity contribution in [3.8, 4) is 11.4 Å². The van der Waals surface area contributed by atoms with Crippen LogP contribution in [0, 0.1) is 0 Å². The van der Waals surface area contributed by atoms with Crippen molar-refractivity contribution in [2.45, 2.75) is 37.8 Å². The summed E-state index contributed by atoms with van der Waals surface area (Å²) in [6.45, 7) is 4.78. The van der Waals surface area contributed by atoms with Crippen molar-refractivity contribution in [2.75, 3.05) is 45.1 Å². The third-order valence-electron chi connectivity index (χ3n) is 5.98. The van der Waals surface area contributed by atoms with Crippen molar-refractivity contribution in [2.24, 2.45) is 0 Å². The topological polar surface area (TPSA) is 168 Å². The van der Waals surface area contributed by atoms with Crippen LogP contribution in [-0.4, -0.2) is 106 Å². The molecule has 1 unspecified atom stereocenters. The summed E-state index contributed by atoms with van der Waals surface area (Å²) in [5.41, 5.74) is 0.587. The molecule has 0 spiro atoms. The van der Waals surface area contributed by atoms with E-state index in [1.54, 1.807) is 38.1 Å². The standard InChI is InChI=1S/C27H33N5O8S/c1-3-39-23(35)17-41-21-16-20(28-24(30-21)18-8-6-5-7-9-18)25(36)29-19(10-11-22(33)34)26(37)31-12-14-32(15-13-31)27(38)40-4-2/h5-9,16,19H,3-4,10-15,17H2,1-2H3,(H,29,36)(H,33,34). The van der Waals surface area contributed by atoms with Crippen LogP contribution in [0.1, 0.15) is 37.2 Å². The molecule has 0 bridgehead atoms. The number of rotatable bonds is 12. The highest BCUT2D eigenvalue weighted by atomic mass is 32.2. The fourth-order valence-electron chi connectivity index (χ4n) is 3.97. The Balaban J connectivity index is 1.80. The summed E-state index contributed by atoms with van der Waals surface area (Å²) in [6, 6.07) is 9.21. The van der Waals surface area contributed by atoms with Crippen LogP contribution < -0.4 is 5.32 Å². The number of benzene rings is 1. The van der Waals surface area contributed by atoms with Gasteiger partial charge < -0.3 is 29.7 Å². The molecule has 1 atom stereocenters. The number of hydrogen-bond acceptors (Lipinski definition) is 10. The lowest BCUT2D eigenvalue weighted by Crippen LogP contribution is -2.56. The van der Waals surface area contributed by atoms with E-state index >= 15 is 0 Å². The number of nitrogens with one attached hydrogen (secondary N) is 1. The smallest absolute Gasteiger partial charge is 0.409 e. The molecule has 2 N–H and O–H groups in total. The van der Waals surface area contributed by atoms with Crippen LogP contribution in [0.25, 0.3) is 11.4 Å². The number of amides is 3. The molecule has 14 heteroatoms. The van der Waals surface area contributed by atoms with Crippen LogP contribution in [0.5, 0.6) is 0 Å². The Bertz CT molecular complexity index is 1240. The highest BCUT2D eigenvalue weighted by molar-refractivity contribution is 7.99. The molecule has 1 aliphatic heterocycles. The molecule has 41 heavy (non-hydrogen) atoms. The highest BCUT2D eigenvalue weighted by Gasteiger charge is 2.31. The summed E-state index contributed by atoms with van der Waals surface area (Å²) >= 11 is 1.08. The molecule has 2 aromatic rings. The van der Waals surface area contributed by atoms with Gasteiger partial charge in [-0.3, -0.25) is 19.2 Å². The number of carboxylic acid groups (broad SMARTS) is 1. The third kappa shape index (κ3) is 9.45. The Hall–Kier alpha value is -4.20. The molecule has 1 aliphatic rings. The van der Waals surface area contributed by atoms with Crippen molar-refractivity contribution in [1.29, 1.82) is 0 Å². The minimum atomic E-state index is -1.14. The van der Waals surface area contributed by atoms with Crippen LogP contribution in [0.2, 0.25) is 0 Å². The Kier molecular flexibility index (Phi) is 11.9. The Morgan fingerprint density at radius 3 is 2.27 bits per heavy atom. The van der Waals surface area contributed by atoms with Crippen LogP contribution in [-0.2, 0) is 23.9 Å². The number of ether oxygens (including phenoxy) is 2. The average Bonchev–Trinajstić information content (AvgIpc) is 2.98. The van der Waals surface area contributed by atoms with E-state index in [9.17, 15) is 29.1 Å². The van der Waals surface area contributed by atoms with Gasteiger partial charge in [0.2, 0.25) is 5.91 Å². The first-order chi connectivity index (χ1) is 19.7. The maximum absolute atomic E-state index is 13.4. The number of aliphatic carboxylic acids is 1. The van der Waals surface area contributed by atoms with E-state index in [0.717, 1.165) is 11.8 Å². The van der Waals surface area contributed by atoms with Crippen molar-refractivity contribution >= 4 is 41.6 Å². The summed E-state index contributed by atoms with van der Waals surface area (Å²) in [5, 5.41) is 12.2. The number of aromatic nitrogens is 2. The van der Waals surface area contributed by atoms with Gasteiger partial charge >= 0.3 is 18.0 Å². The molecular weight excluding hydrogens is 554 g/mol. The van der Waals surface area contributed by atoms with Crippen molar-refractivity contribution < 1.29 is 38.6 Å². The van der Waals surface area contributed by atoms with Gasteiger partial charge in [0.15, 0.2) is 5.82 Å². The molecule has 1 aromatic heterocycles. The molecule has 0 aliphatic carbocycles. The predicted molar refractivity (Wildman–Crippen MR) is 148 cm³/mol. The minimum Gasteiger partial charge on any atom is -0.481 e. The molecule has 0 radical (unpaired) electrons. The van der Waals surface area contributed by atoms with E-state index in [4.69, 9.17) is 9.47 Å². The van der Waals surface area contributed by atoms with Gasteiger partial charge in [0.1, 0.15) is 16.8 Å². The number of thioether (sulfide) groups is 1. The number of piperazine rings is 1. The molecule has 1 aromatic carbocycles. The third-order valence-corrected chi connectivity index (χ3v) is 6.86. The average molecular weight is 588 g/mol. The second-order valence-electron chi connectivity index (χ2n) is 8.84. The van der Waals surface area contributed by atoms with E-state index in [2.05, 4.69) is 15.3 Å². The lowest BCUT2D eigenvalue weighted by Gasteiger charge is -2.35. The highest BCUT2D eigenvalue weighted by Crippen LogP contribution is 2.22. The van der Waals surface area contributed by atoms with Gasteiger partial charge in [-0.1, -0.05) is 42.1 Å². The van der Waals surface area contributed by atoms with Gasteiger partial charge in [-0.05, 0) is 20.3 Å². The zero-order chi connectivity index (χ0) is 29.8. The number of carbonyl (C=O) groups excluding carboxylic acids is 4. The SMILES string of the molecule is CCOC(=O)CSc1cc(C(=O)NC(CCC(=O)O)C(=O)N2CCN(C(=O)OCC)CC2)nc(-c2ccccc2)n1. The van der Waals surface area contributed by atoms with Gasteiger partial charge in [-0.15, -0.1) is 0 Å². The lowest BCUT2D eigenvalue weighted by atomic mass is 10.1. The number of hydrogen-bond donors (Lipinski definition) is 2. The van der Waals surface area contributed by atoms with Crippen LogP contribution in [0.4, 0.5) is 4.79 Å². The molecule has 2 heterocycles. The van der Waals surface area contributed by atoms with Gasteiger partial charge in [0.05, 0.1) is 19.0 Å². The fraction of sp³-hybridized carbons (Fsp3) is 0.444. The van der Waals surface area contributed by atoms with Crippen LogP contribution in [0.15, 0.2) is 41.4 Å². The largest absolute Gasteiger partial charge is 0.481 e. The summed E-state index contributed by atoms with van der Waals surface area (Å²) in [6.07, 6.45) is -0.955. The van der Waals surface area contributed by atoms with Crippen molar-refractivity contribution in [3.63, 3.8) is 0 Å². The fourth-order valence-corrected chi connectivity index (χ4v) is 4.66. The Morgan fingerprint density at radius 1 is 0.976 bits per heavy atom. The minimum absolute atomic E-state index is 0.0301. The quantitative estimate of drug-likeness (QED) is 0.212. The maximum atomic E-state index is 13.4. The van der Waals surface area contributed by atoms with E-state index in [1.807, 2.05) is 6.07 Å². The normalized spacial score (nSPS) is 13.7. The van der Waals surface area contributed by atoms with Gasteiger partial charge in [0.25, 0.3) is 5.91 Å². The molecule has 1 fully saturated rings. The Morgan fingerprint density at radius 2 is 1.63 bits per heavy atom. The zero-order valence-electron chi connectivity index (χ0n) is 22.9. The summed E-state index contributed by atoms with van der Waals surface area (Å²) in [5.74, 6) is -2.50. The van der Waals surface area contributed by atoms with Gasteiger partial charge in [0, 0.05) is 44.2 Å². The van der Waals surface area contributed by atoms with E-state index in [0.29, 0.717) is 10.6 Å². The summed E-state index contributed by atoms with van der Waals surface area (Å²) in [4.78, 5) is 73.8. The first-order valence-corrected chi connectivity index (χ1v) is 14.2. The first kappa shape index (κ1) is 31.3. The zero-order valence-corrected chi connectivity index (χ0v) is 23.7. The van der Waals surface area contributed by atoms with Gasteiger partial charge in [-0.2, -0.15) is 0 Å². The molecule has 13 nitrogen and oxygen atoms in total. The Labute approximate surface area is 241 Å². The van der Waals surface area contributed by atoms with Crippen LogP contribution >= 0.6 is 11.8 Å². The monoisotopic (exact) mass is 587 g/mol. The molecule has 3 amide bonds.